The third-order valence-electron chi connectivity index (χ3n) is 3.02. The molecule has 0 aliphatic carbocycles. The van der Waals surface area contributed by atoms with E-state index < -0.39 is 6.04 Å². The highest BCUT2D eigenvalue weighted by Gasteiger charge is 2.47. The van der Waals surface area contributed by atoms with Gasteiger partial charge in [-0.15, -0.1) is 0 Å². The molecular formula is C11H18N4O2. The maximum atomic E-state index is 12.2. The molecule has 2 aliphatic rings. The number of nitrogens with one attached hydrogen (secondary N) is 1. The highest BCUT2D eigenvalue weighted by Crippen LogP contribution is 2.21. The molecule has 0 aromatic rings. The second-order valence-electron chi connectivity index (χ2n) is 4.30. The van der Waals surface area contributed by atoms with Crippen LogP contribution in [0.4, 0.5) is 4.79 Å². The highest BCUT2D eigenvalue weighted by molar-refractivity contribution is 6.02. The largest absolute Gasteiger partial charge is 0.362 e. The summed E-state index contributed by atoms with van der Waals surface area (Å²) in [4.78, 5) is 31.5. The van der Waals surface area contributed by atoms with E-state index in [-0.39, 0.29) is 18.1 Å². The Hall–Kier alpha value is -1.59. The van der Waals surface area contributed by atoms with E-state index in [0.717, 1.165) is 12.8 Å². The van der Waals surface area contributed by atoms with E-state index >= 15 is 0 Å². The molecule has 2 atom stereocenters. The van der Waals surface area contributed by atoms with Crippen molar-refractivity contribution in [2.45, 2.75) is 38.9 Å². The third-order valence-corrected chi connectivity index (χ3v) is 3.02. The average molecular weight is 238 g/mol. The predicted molar refractivity (Wildman–Crippen MR) is 63.6 cm³/mol. The molecule has 1 saturated heterocycles. The van der Waals surface area contributed by atoms with Crippen LogP contribution < -0.4 is 5.32 Å². The van der Waals surface area contributed by atoms with Crippen molar-refractivity contribution in [3.8, 4) is 0 Å². The fraction of sp³-hybridized carbons (Fsp3) is 0.727. The number of carbonyl (C=O) groups is 2. The Bertz CT molecular complexity index is 355. The average Bonchev–Trinajstić information content (AvgIpc) is 2.79. The van der Waals surface area contributed by atoms with Crippen molar-refractivity contribution in [3.63, 3.8) is 0 Å². The molecule has 0 radical (unpaired) electrons. The van der Waals surface area contributed by atoms with Crippen LogP contribution in [0.3, 0.4) is 0 Å². The molecule has 2 aliphatic heterocycles. The zero-order valence-electron chi connectivity index (χ0n) is 10.2. The second kappa shape index (κ2) is 4.73. The molecule has 17 heavy (non-hydrogen) atoms. The normalized spacial score (nSPS) is 27.4. The van der Waals surface area contributed by atoms with Crippen molar-refractivity contribution in [1.82, 2.24) is 15.1 Å². The van der Waals surface area contributed by atoms with Gasteiger partial charge in [0.05, 0.1) is 6.34 Å². The van der Waals surface area contributed by atoms with Crippen molar-refractivity contribution in [1.29, 1.82) is 0 Å². The molecule has 0 bridgehead atoms. The minimum absolute atomic E-state index is 0.160. The number of amides is 3. The van der Waals surface area contributed by atoms with Crippen LogP contribution in [0, 0.1) is 0 Å². The van der Waals surface area contributed by atoms with Crippen LogP contribution in [0.5, 0.6) is 0 Å². The molecule has 6 nitrogen and oxygen atoms in total. The van der Waals surface area contributed by atoms with Gasteiger partial charge in [0, 0.05) is 13.1 Å². The molecule has 0 unspecified atom stereocenters. The number of rotatable bonds is 4. The molecule has 2 heterocycles. The van der Waals surface area contributed by atoms with E-state index in [1.165, 1.54) is 11.2 Å². The minimum Gasteiger partial charge on any atom is -0.362 e. The molecule has 0 saturated carbocycles. The number of imide groups is 1. The summed E-state index contributed by atoms with van der Waals surface area (Å²) in [6.07, 6.45) is 2.80. The Labute approximate surface area is 101 Å². The van der Waals surface area contributed by atoms with Crippen LogP contribution >= 0.6 is 0 Å². The van der Waals surface area contributed by atoms with E-state index in [9.17, 15) is 9.59 Å². The number of hydrogen-bond donors (Lipinski definition) is 1. The van der Waals surface area contributed by atoms with Crippen LogP contribution in [0.2, 0.25) is 0 Å². The number of urea groups is 1. The lowest BCUT2D eigenvalue weighted by molar-refractivity contribution is -0.134. The molecule has 0 spiro atoms. The van der Waals surface area contributed by atoms with Crippen molar-refractivity contribution in [2.24, 2.45) is 4.99 Å². The summed E-state index contributed by atoms with van der Waals surface area (Å²) in [5, 5.41) is 2.93. The first-order valence-electron chi connectivity index (χ1n) is 6.10. The highest BCUT2D eigenvalue weighted by atomic mass is 16.2. The predicted octanol–water partition coefficient (Wildman–Crippen LogP) is 0.397. The van der Waals surface area contributed by atoms with Gasteiger partial charge in [-0.25, -0.2) is 9.79 Å². The standard InChI is InChI=1S/C11H18N4O2/c1-3-5-14-9-8(12-7-13-9)10(16)15(6-4-2)11(14)17/h7-9H,3-6H2,1-2H3,(H,12,13)/t8-,9-/m1/s1. The monoisotopic (exact) mass is 238 g/mol. The van der Waals surface area contributed by atoms with Gasteiger partial charge in [-0.1, -0.05) is 13.8 Å². The maximum absolute atomic E-state index is 12.2. The number of nitrogens with zero attached hydrogens (tertiary/aromatic N) is 3. The first-order chi connectivity index (χ1) is 8.20. The van der Waals surface area contributed by atoms with E-state index in [2.05, 4.69) is 10.3 Å². The lowest BCUT2D eigenvalue weighted by Crippen LogP contribution is -2.65. The van der Waals surface area contributed by atoms with Gasteiger partial charge < -0.3 is 5.32 Å². The van der Waals surface area contributed by atoms with Crippen LogP contribution in [-0.2, 0) is 4.79 Å². The molecule has 1 N–H and O–H groups in total. The smallest absolute Gasteiger partial charge is 0.328 e. The fourth-order valence-electron chi connectivity index (χ4n) is 2.26. The fourth-order valence-corrected chi connectivity index (χ4v) is 2.26. The molecule has 6 heteroatoms. The quantitative estimate of drug-likeness (QED) is 0.771. The molecule has 0 aromatic carbocycles. The summed E-state index contributed by atoms with van der Waals surface area (Å²) in [5.74, 6) is -0.160. The Balaban J connectivity index is 2.23. The van der Waals surface area contributed by atoms with E-state index in [1.807, 2.05) is 13.8 Å². The number of carbonyl (C=O) groups excluding carboxylic acids is 2. The second-order valence-corrected chi connectivity index (χ2v) is 4.30. The van der Waals surface area contributed by atoms with Crippen molar-refractivity contribution in [3.05, 3.63) is 0 Å². The third kappa shape index (κ3) is 1.87. The van der Waals surface area contributed by atoms with Crippen LogP contribution in [-0.4, -0.2) is 53.4 Å². The van der Waals surface area contributed by atoms with Crippen molar-refractivity contribution >= 4 is 18.3 Å². The molecule has 1 fully saturated rings. The van der Waals surface area contributed by atoms with Crippen LogP contribution in [0.25, 0.3) is 0 Å². The Kier molecular flexibility index (Phi) is 3.31. The molecular weight excluding hydrogens is 220 g/mol. The first kappa shape index (κ1) is 11.9. The van der Waals surface area contributed by atoms with Gasteiger partial charge in [0.15, 0.2) is 6.17 Å². The Morgan fingerprint density at radius 3 is 2.65 bits per heavy atom. The summed E-state index contributed by atoms with van der Waals surface area (Å²) in [6.45, 7) is 5.07. The van der Waals surface area contributed by atoms with Gasteiger partial charge in [-0.2, -0.15) is 0 Å². The van der Waals surface area contributed by atoms with Crippen LogP contribution in [0.15, 0.2) is 4.99 Å². The number of hydrogen-bond acceptors (Lipinski definition) is 4. The zero-order chi connectivity index (χ0) is 12.4. The van der Waals surface area contributed by atoms with E-state index in [1.54, 1.807) is 4.90 Å². The Morgan fingerprint density at radius 1 is 1.29 bits per heavy atom. The maximum Gasteiger partial charge on any atom is 0.328 e. The van der Waals surface area contributed by atoms with Gasteiger partial charge in [0.25, 0.3) is 5.91 Å². The van der Waals surface area contributed by atoms with E-state index in [4.69, 9.17) is 0 Å². The molecule has 0 aromatic heterocycles. The first-order valence-corrected chi connectivity index (χ1v) is 6.10. The van der Waals surface area contributed by atoms with E-state index in [0.29, 0.717) is 13.1 Å². The van der Waals surface area contributed by atoms with Gasteiger partial charge in [-0.05, 0) is 12.8 Å². The minimum atomic E-state index is -0.397. The Morgan fingerprint density at radius 2 is 2.00 bits per heavy atom. The SMILES string of the molecule is CCCN1C(=O)[C@@H]2NC=N[C@@H]2N(CCC)C1=O. The van der Waals surface area contributed by atoms with Crippen LogP contribution in [0.1, 0.15) is 26.7 Å². The summed E-state index contributed by atoms with van der Waals surface area (Å²) in [7, 11) is 0. The molecule has 3 amide bonds. The van der Waals surface area contributed by atoms with Crippen molar-refractivity contribution < 1.29 is 9.59 Å². The number of fused-ring (bicyclic) bond motifs is 1. The lowest BCUT2D eigenvalue weighted by atomic mass is 10.1. The van der Waals surface area contributed by atoms with Gasteiger partial charge in [0.2, 0.25) is 0 Å². The summed E-state index contributed by atoms with van der Waals surface area (Å²) in [5.41, 5.74) is 0. The van der Waals surface area contributed by atoms with Gasteiger partial charge in [0.1, 0.15) is 6.04 Å². The molecule has 2 rings (SSSR count). The lowest BCUT2D eigenvalue weighted by Gasteiger charge is -2.40. The van der Waals surface area contributed by atoms with Gasteiger partial charge in [-0.3, -0.25) is 14.6 Å². The summed E-state index contributed by atoms with van der Waals surface area (Å²) >= 11 is 0. The summed E-state index contributed by atoms with van der Waals surface area (Å²) in [6, 6.07) is -0.605. The molecule has 94 valence electrons. The van der Waals surface area contributed by atoms with Gasteiger partial charge >= 0.3 is 6.03 Å². The van der Waals surface area contributed by atoms with Crippen molar-refractivity contribution in [2.75, 3.05) is 13.1 Å². The summed E-state index contributed by atoms with van der Waals surface area (Å²) < 4.78 is 0. The number of aliphatic imine (C=N–C) groups is 1. The zero-order valence-corrected chi connectivity index (χ0v) is 10.2. The topological polar surface area (TPSA) is 65.0 Å².